The van der Waals surface area contributed by atoms with E-state index in [2.05, 4.69) is 0 Å². The van der Waals surface area contributed by atoms with Crippen LogP contribution in [0.4, 0.5) is 0 Å². The van der Waals surface area contributed by atoms with E-state index in [0.717, 1.165) is 25.7 Å². The Morgan fingerprint density at radius 1 is 1.07 bits per heavy atom. The number of rotatable bonds is 6. The quantitative estimate of drug-likeness (QED) is 0.460. The lowest BCUT2D eigenvalue weighted by Gasteiger charge is -1.93. The molecule has 0 amide bonds. The first-order valence-corrected chi connectivity index (χ1v) is 4.68. The maximum Gasteiger partial charge on any atom is 0.332 e. The van der Waals surface area contributed by atoms with Crippen molar-refractivity contribution in [3.8, 4) is 0 Å². The molecule has 0 saturated carbocycles. The summed E-state index contributed by atoms with van der Waals surface area (Å²) in [6.45, 7) is 1.76. The predicted octanol–water partition coefficient (Wildman–Crippen LogP) is -0.0168. The Bertz CT molecular complexity index is 118. The van der Waals surface area contributed by atoms with E-state index >= 15 is 0 Å². The lowest BCUT2D eigenvalue weighted by Crippen LogP contribution is -2.13. The zero-order chi connectivity index (χ0) is 11.4. The fraction of sp³-hybridized carbons (Fsp3) is 0.889. The molecule has 0 aliphatic rings. The number of hydrogen-bond acceptors (Lipinski definition) is 4. The largest absolute Gasteiger partial charge is 0.479 e. The van der Waals surface area contributed by atoms with Crippen LogP contribution in [0.5, 0.6) is 0 Å². The van der Waals surface area contributed by atoms with Gasteiger partial charge in [0.05, 0.1) is 0 Å². The third-order valence-electron chi connectivity index (χ3n) is 1.42. The summed E-state index contributed by atoms with van der Waals surface area (Å²) in [4.78, 5) is 9.45. The van der Waals surface area contributed by atoms with Crippen molar-refractivity contribution in [3.63, 3.8) is 0 Å². The molecule has 0 fully saturated rings. The zero-order valence-corrected chi connectivity index (χ0v) is 8.52. The standard InChI is InChI=1S/C6H14O2.C3H6O3/c7-5-3-1-2-4-6-8;1-2(4)3(5)6/h7-8H,1-6H2;2,4H,1H3,(H,5,6). The number of aliphatic hydroxyl groups excluding tert-OH is 3. The molecule has 0 rings (SSSR count). The first-order valence-electron chi connectivity index (χ1n) is 4.68. The highest BCUT2D eigenvalue weighted by Gasteiger charge is 2.01. The molecule has 0 spiro atoms. The van der Waals surface area contributed by atoms with Crippen LogP contribution in [0.25, 0.3) is 0 Å². The second-order valence-corrected chi connectivity index (χ2v) is 2.88. The summed E-state index contributed by atoms with van der Waals surface area (Å²) in [6.07, 6.45) is 2.60. The lowest BCUT2D eigenvalue weighted by atomic mass is 10.2. The van der Waals surface area contributed by atoms with Crippen molar-refractivity contribution in [2.24, 2.45) is 0 Å². The number of carboxylic acids is 1. The maximum absolute atomic E-state index is 9.45. The molecule has 4 N–H and O–H groups in total. The number of unbranched alkanes of at least 4 members (excludes halogenated alkanes) is 3. The van der Waals surface area contributed by atoms with Gasteiger partial charge in [-0.15, -0.1) is 0 Å². The van der Waals surface area contributed by atoms with Gasteiger partial charge in [-0.2, -0.15) is 0 Å². The van der Waals surface area contributed by atoms with Crippen LogP contribution >= 0.6 is 0 Å². The molecule has 0 aliphatic heterocycles. The smallest absolute Gasteiger partial charge is 0.332 e. The molecule has 86 valence electrons. The van der Waals surface area contributed by atoms with Gasteiger partial charge in [-0.05, 0) is 19.8 Å². The highest BCUT2D eigenvalue weighted by Crippen LogP contribution is 1.96. The molecule has 14 heavy (non-hydrogen) atoms. The van der Waals surface area contributed by atoms with Gasteiger partial charge in [-0.25, -0.2) is 4.79 Å². The van der Waals surface area contributed by atoms with E-state index in [1.807, 2.05) is 0 Å². The Morgan fingerprint density at radius 2 is 1.36 bits per heavy atom. The van der Waals surface area contributed by atoms with E-state index in [1.54, 1.807) is 0 Å². The SMILES string of the molecule is CC(O)C(=O)O.OCCCCCCO. The third-order valence-corrected chi connectivity index (χ3v) is 1.42. The Labute approximate surface area is 84.0 Å². The number of aliphatic hydroxyl groups is 3. The normalized spacial score (nSPS) is 11.4. The van der Waals surface area contributed by atoms with Crippen LogP contribution in [0.15, 0.2) is 0 Å². The molecular formula is C9H20O5. The first kappa shape index (κ1) is 15.8. The van der Waals surface area contributed by atoms with Crippen molar-refractivity contribution in [3.05, 3.63) is 0 Å². The average molecular weight is 208 g/mol. The van der Waals surface area contributed by atoms with Gasteiger partial charge in [-0.1, -0.05) is 12.8 Å². The van der Waals surface area contributed by atoms with E-state index in [0.29, 0.717) is 0 Å². The van der Waals surface area contributed by atoms with Gasteiger partial charge < -0.3 is 20.4 Å². The fourth-order valence-electron chi connectivity index (χ4n) is 0.577. The highest BCUT2D eigenvalue weighted by molar-refractivity contribution is 5.71. The molecule has 0 radical (unpaired) electrons. The topological polar surface area (TPSA) is 98.0 Å². The van der Waals surface area contributed by atoms with Crippen molar-refractivity contribution < 1.29 is 25.2 Å². The molecule has 0 aliphatic carbocycles. The van der Waals surface area contributed by atoms with Gasteiger partial charge in [-0.3, -0.25) is 0 Å². The lowest BCUT2D eigenvalue weighted by molar-refractivity contribution is -0.145. The monoisotopic (exact) mass is 208 g/mol. The van der Waals surface area contributed by atoms with Crippen molar-refractivity contribution in [1.82, 2.24) is 0 Å². The Balaban J connectivity index is 0. The second kappa shape index (κ2) is 12.3. The number of hydrogen-bond donors (Lipinski definition) is 4. The fourth-order valence-corrected chi connectivity index (χ4v) is 0.577. The van der Waals surface area contributed by atoms with Crippen LogP contribution in [-0.4, -0.2) is 45.7 Å². The zero-order valence-electron chi connectivity index (χ0n) is 8.52. The Morgan fingerprint density at radius 3 is 1.50 bits per heavy atom. The summed E-state index contributed by atoms with van der Waals surface area (Å²) in [5.74, 6) is -1.19. The van der Waals surface area contributed by atoms with Gasteiger partial charge in [0.15, 0.2) is 0 Å². The van der Waals surface area contributed by atoms with Crippen molar-refractivity contribution >= 4 is 5.97 Å². The van der Waals surface area contributed by atoms with E-state index in [9.17, 15) is 4.79 Å². The third kappa shape index (κ3) is 17.4. The molecule has 0 aromatic heterocycles. The summed E-state index contributed by atoms with van der Waals surface area (Å²) in [5.41, 5.74) is 0. The minimum Gasteiger partial charge on any atom is -0.479 e. The van der Waals surface area contributed by atoms with E-state index in [4.69, 9.17) is 20.4 Å². The Hall–Kier alpha value is -0.650. The molecule has 0 aromatic carbocycles. The van der Waals surface area contributed by atoms with Crippen LogP contribution in [0, 0.1) is 0 Å². The number of carbonyl (C=O) groups is 1. The van der Waals surface area contributed by atoms with Crippen LogP contribution in [-0.2, 0) is 4.79 Å². The van der Waals surface area contributed by atoms with Crippen LogP contribution < -0.4 is 0 Å². The summed E-state index contributed by atoms with van der Waals surface area (Å²) < 4.78 is 0. The number of aliphatic carboxylic acids is 1. The Kier molecular flexibility index (Phi) is 13.9. The van der Waals surface area contributed by atoms with E-state index < -0.39 is 12.1 Å². The molecule has 1 atom stereocenters. The van der Waals surface area contributed by atoms with Crippen LogP contribution in [0.1, 0.15) is 32.6 Å². The summed E-state index contributed by atoms with van der Waals surface area (Å²) >= 11 is 0. The molecule has 5 nitrogen and oxygen atoms in total. The van der Waals surface area contributed by atoms with E-state index in [-0.39, 0.29) is 13.2 Å². The van der Waals surface area contributed by atoms with Gasteiger partial charge in [0.2, 0.25) is 0 Å². The number of carboxylic acid groups (broad SMARTS) is 1. The van der Waals surface area contributed by atoms with Gasteiger partial charge >= 0.3 is 5.97 Å². The van der Waals surface area contributed by atoms with Crippen LogP contribution in [0.3, 0.4) is 0 Å². The molecule has 5 heteroatoms. The van der Waals surface area contributed by atoms with Crippen molar-refractivity contribution in [2.75, 3.05) is 13.2 Å². The summed E-state index contributed by atoms with van der Waals surface area (Å²) in [6, 6.07) is 0. The van der Waals surface area contributed by atoms with E-state index in [1.165, 1.54) is 6.92 Å². The maximum atomic E-state index is 9.45. The highest BCUT2D eigenvalue weighted by atomic mass is 16.4. The minimum atomic E-state index is -1.23. The molecule has 0 bridgehead atoms. The summed E-state index contributed by atoms with van der Waals surface area (Å²) in [5, 5.41) is 32.4. The molecular weight excluding hydrogens is 188 g/mol. The first-order chi connectivity index (χ1) is 6.56. The van der Waals surface area contributed by atoms with Crippen molar-refractivity contribution in [1.29, 1.82) is 0 Å². The molecule has 1 unspecified atom stereocenters. The van der Waals surface area contributed by atoms with Gasteiger partial charge in [0, 0.05) is 13.2 Å². The average Bonchev–Trinajstić information content (AvgIpc) is 2.13. The minimum absolute atomic E-state index is 0.283. The second-order valence-electron chi connectivity index (χ2n) is 2.88. The predicted molar refractivity (Wildman–Crippen MR) is 52.0 cm³/mol. The summed E-state index contributed by atoms with van der Waals surface area (Å²) in [7, 11) is 0. The molecule has 0 aromatic rings. The van der Waals surface area contributed by atoms with Gasteiger partial charge in [0.25, 0.3) is 0 Å². The molecule has 0 heterocycles. The molecule has 0 saturated heterocycles. The van der Waals surface area contributed by atoms with Crippen LogP contribution in [0.2, 0.25) is 0 Å². The van der Waals surface area contributed by atoms with Gasteiger partial charge in [0.1, 0.15) is 6.10 Å². The van der Waals surface area contributed by atoms with Crippen molar-refractivity contribution in [2.45, 2.75) is 38.7 Å².